The number of amides is 7. The minimum Gasteiger partial charge on any atom is -0.329 e. The summed E-state index contributed by atoms with van der Waals surface area (Å²) in [7, 11) is 6.44. The molecule has 4 saturated heterocycles. The van der Waals surface area contributed by atoms with Gasteiger partial charge in [-0.1, -0.05) is 36.4 Å². The van der Waals surface area contributed by atoms with Gasteiger partial charge in [-0.25, -0.2) is 37.9 Å². The summed E-state index contributed by atoms with van der Waals surface area (Å²) < 4.78 is 10.3. The van der Waals surface area contributed by atoms with E-state index in [0.717, 1.165) is 25.2 Å². The van der Waals surface area contributed by atoms with Crippen LogP contribution in [0.4, 0.5) is 0 Å². The first-order valence-electron chi connectivity index (χ1n) is 22.1. The minimum absolute atomic E-state index is 0.208. The molecule has 9 rings (SSSR count). The van der Waals surface area contributed by atoms with Gasteiger partial charge in [0, 0.05) is 58.7 Å². The van der Waals surface area contributed by atoms with Crippen LogP contribution in [0.1, 0.15) is 98.6 Å². The summed E-state index contributed by atoms with van der Waals surface area (Å²) in [6, 6.07) is 5.02. The molecule has 27 heteroatoms. The van der Waals surface area contributed by atoms with E-state index in [9.17, 15) is 52.7 Å². The number of benzene rings is 1. The van der Waals surface area contributed by atoms with Crippen molar-refractivity contribution in [1.29, 1.82) is 0 Å². The maximum Gasteiger partial charge on any atom is 0.346 e. The van der Waals surface area contributed by atoms with E-state index in [0.29, 0.717) is 54.7 Å². The van der Waals surface area contributed by atoms with E-state index in [2.05, 4.69) is 48.2 Å². The highest BCUT2D eigenvalue weighted by Crippen LogP contribution is 2.22. The fourth-order valence-corrected chi connectivity index (χ4v) is 7.64. The topological polar surface area (TPSA) is 327 Å². The van der Waals surface area contributed by atoms with Crippen molar-refractivity contribution in [3.63, 3.8) is 0 Å². The van der Waals surface area contributed by atoms with Gasteiger partial charge in [0.15, 0.2) is 5.82 Å². The Morgan fingerprint density at radius 1 is 0.429 bits per heavy atom. The molecule has 8 heterocycles. The third-order valence-corrected chi connectivity index (χ3v) is 12.1. The molecule has 27 nitrogen and oxygen atoms in total. The van der Waals surface area contributed by atoms with Crippen LogP contribution in [0.3, 0.4) is 0 Å². The highest BCUT2D eigenvalue weighted by molar-refractivity contribution is 6.00. The molecule has 0 radical (unpaired) electrons. The standard InChI is InChI=1S/C15H16N4O3.C10H14N4O2.2C9H12N4O3/c1-9-3-5-10(6-4-9)13-17-19(15(22)18(13)2)11-7-8-12(20)16-14(11)21;1-6-4-5-8(9(15)11-6)14-10(16)13(3)7(2)12-14;2*1-5-11-13(9(16)12(5)2)6-3-4-7(14)10-8(6)15/h3-6,11H,7-8H2,1-2H3,(H,16,20,21);8H,1,4-5H2,2-3H3,(H,11,15);2*6H,3-4H2,1-2H3,(H,10,14,15). The molecule has 0 saturated carbocycles. The molecule has 4 atom stereocenters. The molecule has 4 aliphatic heterocycles. The van der Waals surface area contributed by atoms with Crippen molar-refractivity contribution in [3.8, 4) is 11.4 Å². The Hall–Kier alpha value is -8.39. The van der Waals surface area contributed by atoms with E-state index in [1.165, 1.54) is 23.0 Å². The van der Waals surface area contributed by atoms with Crippen LogP contribution in [0.5, 0.6) is 0 Å². The summed E-state index contributed by atoms with van der Waals surface area (Å²) in [6.07, 6.45) is 2.85. The molecule has 4 unspecified atom stereocenters. The van der Waals surface area contributed by atoms with Crippen LogP contribution in [0.2, 0.25) is 0 Å². The largest absolute Gasteiger partial charge is 0.346 e. The normalized spacial score (nSPS) is 20.2. The van der Waals surface area contributed by atoms with Crippen molar-refractivity contribution in [1.82, 2.24) is 78.7 Å². The second-order valence-corrected chi connectivity index (χ2v) is 17.0. The van der Waals surface area contributed by atoms with Crippen LogP contribution >= 0.6 is 0 Å². The molecular weight excluding hydrogens is 917 g/mol. The summed E-state index contributed by atoms with van der Waals surface area (Å²) in [5, 5.41) is 25.7. The number of nitrogens with zero attached hydrogens (tertiary/aromatic N) is 12. The van der Waals surface area contributed by atoms with Gasteiger partial charge >= 0.3 is 22.8 Å². The van der Waals surface area contributed by atoms with Gasteiger partial charge in [-0.3, -0.25) is 67.8 Å². The molecule has 1 aromatic carbocycles. The van der Waals surface area contributed by atoms with E-state index in [1.54, 1.807) is 49.0 Å². The molecule has 0 aliphatic carbocycles. The van der Waals surface area contributed by atoms with Gasteiger partial charge in [0.2, 0.25) is 23.6 Å². The van der Waals surface area contributed by atoms with Crippen LogP contribution in [0, 0.1) is 27.7 Å². The number of hydrogen-bond acceptors (Lipinski definition) is 15. The Balaban J connectivity index is 0.000000155. The lowest BCUT2D eigenvalue weighted by Crippen LogP contribution is -2.44. The number of rotatable bonds is 5. The van der Waals surface area contributed by atoms with E-state index in [-0.39, 0.29) is 72.1 Å². The van der Waals surface area contributed by atoms with E-state index in [4.69, 9.17) is 0 Å². The molecule has 0 bridgehead atoms. The number of aromatic nitrogens is 12. The molecule has 70 heavy (non-hydrogen) atoms. The maximum absolute atomic E-state index is 12.4. The fourth-order valence-electron chi connectivity index (χ4n) is 7.64. The van der Waals surface area contributed by atoms with Crippen LogP contribution in [-0.2, 0) is 61.8 Å². The monoisotopic (exact) mass is 970 g/mol. The minimum atomic E-state index is -0.740. The number of aryl methyl sites for hydroxylation is 4. The first-order chi connectivity index (χ1) is 33.0. The van der Waals surface area contributed by atoms with Gasteiger partial charge in [0.05, 0.1) is 0 Å². The zero-order valence-corrected chi connectivity index (χ0v) is 39.8. The molecule has 372 valence electrons. The zero-order valence-electron chi connectivity index (χ0n) is 39.8. The quantitative estimate of drug-likeness (QED) is 0.140. The maximum atomic E-state index is 12.4. The van der Waals surface area contributed by atoms with Crippen LogP contribution < -0.4 is 44.0 Å². The Kier molecular flexibility index (Phi) is 15.2. The van der Waals surface area contributed by atoms with Crippen molar-refractivity contribution >= 4 is 41.4 Å². The molecule has 5 aromatic rings. The molecule has 4 fully saturated rings. The highest BCUT2D eigenvalue weighted by atomic mass is 16.2. The van der Waals surface area contributed by atoms with E-state index < -0.39 is 41.9 Å². The van der Waals surface area contributed by atoms with Crippen molar-refractivity contribution in [2.45, 2.75) is 103 Å². The van der Waals surface area contributed by atoms with Crippen molar-refractivity contribution in [2.75, 3.05) is 0 Å². The van der Waals surface area contributed by atoms with Gasteiger partial charge in [-0.05, 0) is 59.8 Å². The van der Waals surface area contributed by atoms with Crippen LogP contribution in [0.15, 0.2) is 55.7 Å². The second-order valence-electron chi connectivity index (χ2n) is 17.0. The number of hydrogen-bond donors (Lipinski definition) is 4. The average molecular weight is 971 g/mol. The van der Waals surface area contributed by atoms with E-state index in [1.807, 2.05) is 31.2 Å². The Morgan fingerprint density at radius 3 is 1.03 bits per heavy atom. The number of allylic oxidation sites excluding steroid dienone is 1. The molecule has 4 N–H and O–H groups in total. The Morgan fingerprint density at radius 2 is 0.729 bits per heavy atom. The Labute approximate surface area is 397 Å². The molecule has 7 amide bonds. The van der Waals surface area contributed by atoms with Gasteiger partial charge < -0.3 is 5.32 Å². The number of carbonyl (C=O) groups excluding carboxylic acids is 7. The first-order valence-corrected chi connectivity index (χ1v) is 22.1. The summed E-state index contributed by atoms with van der Waals surface area (Å²) >= 11 is 0. The smallest absolute Gasteiger partial charge is 0.329 e. The van der Waals surface area contributed by atoms with Gasteiger partial charge in [0.25, 0.3) is 17.7 Å². The van der Waals surface area contributed by atoms with Crippen molar-refractivity contribution in [3.05, 3.63) is 102 Å². The van der Waals surface area contributed by atoms with Crippen LogP contribution in [-0.4, -0.2) is 98.7 Å². The van der Waals surface area contributed by atoms with Gasteiger partial charge in [0.1, 0.15) is 41.6 Å². The number of imide groups is 3. The SMILES string of the molecule is C=C1CCC(n2nc(C)n(C)c2=O)C(=O)N1.Cc1ccc(-c2nn(C3CCC(=O)NC3=O)c(=O)n2C)cc1.Cc1nn(C2CCC(=O)NC2=O)c(=O)n1C.Cc1nn(C2CCC(=O)NC2=O)c(=O)n1C. The molecule has 4 aliphatic rings. The zero-order chi connectivity index (χ0) is 51.5. The third kappa shape index (κ3) is 10.8. The predicted molar refractivity (Wildman–Crippen MR) is 244 cm³/mol. The summed E-state index contributed by atoms with van der Waals surface area (Å²) in [5.41, 5.74) is 1.30. The Bertz CT molecular complexity index is 2950. The molecule has 0 spiro atoms. The number of nitrogens with one attached hydrogen (secondary N) is 4. The summed E-state index contributed by atoms with van der Waals surface area (Å²) in [5.74, 6) is -0.370. The first kappa shape index (κ1) is 51.0. The lowest BCUT2D eigenvalue weighted by Gasteiger charge is -2.22. The third-order valence-electron chi connectivity index (χ3n) is 12.1. The fraction of sp³-hybridized carbons (Fsp3) is 0.465. The summed E-state index contributed by atoms with van der Waals surface area (Å²) in [4.78, 5) is 127. The molecule has 4 aromatic heterocycles. The van der Waals surface area contributed by atoms with Crippen LogP contribution in [0.25, 0.3) is 11.4 Å². The van der Waals surface area contributed by atoms with Gasteiger partial charge in [-0.2, -0.15) is 15.3 Å². The van der Waals surface area contributed by atoms with Crippen molar-refractivity contribution < 1.29 is 33.6 Å². The highest BCUT2D eigenvalue weighted by Gasteiger charge is 2.34. The lowest BCUT2D eigenvalue weighted by molar-refractivity contribution is -0.137. The number of piperidine rings is 4. The van der Waals surface area contributed by atoms with Gasteiger partial charge in [-0.15, -0.1) is 5.10 Å². The van der Waals surface area contributed by atoms with Crippen molar-refractivity contribution in [2.24, 2.45) is 28.2 Å². The second kappa shape index (κ2) is 20.9. The lowest BCUT2D eigenvalue weighted by atomic mass is 10.1. The summed E-state index contributed by atoms with van der Waals surface area (Å²) in [6.45, 7) is 10.8. The molecular formula is C43H54N16O11. The number of carbonyl (C=O) groups is 7. The predicted octanol–water partition coefficient (Wildman–Crippen LogP) is -1.87. The average Bonchev–Trinajstić information content (AvgIpc) is 3.93. The van der Waals surface area contributed by atoms with E-state index >= 15 is 0 Å².